The molecule has 118 valence electrons. The Labute approximate surface area is 127 Å². The molecular formula is C16H25NO3S. The first-order valence-corrected chi connectivity index (χ1v) is 9.25. The van der Waals surface area contributed by atoms with E-state index in [4.69, 9.17) is 5.11 Å². The zero-order valence-electron chi connectivity index (χ0n) is 12.7. The molecule has 1 saturated heterocycles. The Balaban J connectivity index is 2.18. The maximum atomic E-state index is 12.8. The third-order valence-electron chi connectivity index (χ3n) is 4.20. The highest BCUT2D eigenvalue weighted by atomic mass is 32.2. The van der Waals surface area contributed by atoms with Crippen LogP contribution in [0.3, 0.4) is 0 Å². The number of nitrogens with zero attached hydrogens (tertiary/aromatic N) is 1. The van der Waals surface area contributed by atoms with Gasteiger partial charge in [0.15, 0.2) is 0 Å². The van der Waals surface area contributed by atoms with Crippen LogP contribution in [0, 0.1) is 0 Å². The van der Waals surface area contributed by atoms with Gasteiger partial charge in [0.05, 0.1) is 4.90 Å². The molecule has 5 heteroatoms. The fourth-order valence-corrected chi connectivity index (χ4v) is 4.71. The Morgan fingerprint density at radius 1 is 1.24 bits per heavy atom. The average molecular weight is 311 g/mol. The Bertz CT molecular complexity index is 539. The number of aliphatic hydroxyl groups is 1. The molecule has 1 aromatic carbocycles. The Hall–Kier alpha value is -0.910. The molecule has 4 nitrogen and oxygen atoms in total. The minimum absolute atomic E-state index is 0.137. The number of aliphatic hydroxyl groups excluding tert-OH is 1. The Kier molecular flexibility index (Phi) is 5.79. The van der Waals surface area contributed by atoms with E-state index in [1.165, 1.54) is 0 Å². The smallest absolute Gasteiger partial charge is 0.243 e. The van der Waals surface area contributed by atoms with Crippen LogP contribution in [-0.4, -0.2) is 37.0 Å². The molecule has 1 heterocycles. The molecule has 0 radical (unpaired) electrons. The van der Waals surface area contributed by atoms with Gasteiger partial charge < -0.3 is 5.11 Å². The van der Waals surface area contributed by atoms with Crippen molar-refractivity contribution < 1.29 is 13.5 Å². The third-order valence-corrected chi connectivity index (χ3v) is 6.16. The fourth-order valence-electron chi connectivity index (χ4n) is 2.95. The molecule has 0 saturated carbocycles. The summed E-state index contributed by atoms with van der Waals surface area (Å²) in [5.41, 5.74) is 1.06. The van der Waals surface area contributed by atoms with E-state index in [1.807, 2.05) is 12.1 Å². The van der Waals surface area contributed by atoms with Crippen LogP contribution in [0.25, 0.3) is 0 Å². The van der Waals surface area contributed by atoms with Crippen LogP contribution < -0.4 is 0 Å². The van der Waals surface area contributed by atoms with Crippen molar-refractivity contribution in [2.75, 3.05) is 13.2 Å². The molecule has 2 rings (SSSR count). The molecule has 1 aliphatic heterocycles. The van der Waals surface area contributed by atoms with E-state index >= 15 is 0 Å². The number of aryl methyl sites for hydroxylation is 1. The van der Waals surface area contributed by atoms with E-state index in [0.29, 0.717) is 17.9 Å². The van der Waals surface area contributed by atoms with Crippen molar-refractivity contribution in [2.45, 2.75) is 56.4 Å². The number of rotatable bonds is 6. The number of piperidine rings is 1. The topological polar surface area (TPSA) is 57.6 Å². The Morgan fingerprint density at radius 2 is 1.95 bits per heavy atom. The van der Waals surface area contributed by atoms with Crippen molar-refractivity contribution in [1.82, 2.24) is 4.31 Å². The van der Waals surface area contributed by atoms with Crippen molar-refractivity contribution >= 4 is 10.0 Å². The molecule has 0 amide bonds. The van der Waals surface area contributed by atoms with Gasteiger partial charge in [-0.15, -0.1) is 0 Å². The minimum atomic E-state index is -3.38. The molecule has 21 heavy (non-hydrogen) atoms. The quantitative estimate of drug-likeness (QED) is 0.878. The van der Waals surface area contributed by atoms with E-state index in [0.717, 1.165) is 37.7 Å². The molecule has 1 atom stereocenters. The molecule has 1 unspecified atom stereocenters. The lowest BCUT2D eigenvalue weighted by atomic mass is 10.0. The molecule has 0 spiro atoms. The highest BCUT2D eigenvalue weighted by Crippen LogP contribution is 2.27. The van der Waals surface area contributed by atoms with Crippen LogP contribution in [0.1, 0.15) is 44.6 Å². The van der Waals surface area contributed by atoms with Gasteiger partial charge in [0.2, 0.25) is 10.0 Å². The summed E-state index contributed by atoms with van der Waals surface area (Å²) in [4.78, 5) is 0.385. The van der Waals surface area contributed by atoms with E-state index < -0.39 is 10.0 Å². The van der Waals surface area contributed by atoms with E-state index in [9.17, 15) is 8.42 Å². The molecule has 1 fully saturated rings. The second-order valence-electron chi connectivity index (χ2n) is 5.64. The van der Waals surface area contributed by atoms with Gasteiger partial charge in [0, 0.05) is 19.2 Å². The summed E-state index contributed by atoms with van der Waals surface area (Å²) in [7, 11) is -3.38. The van der Waals surface area contributed by atoms with Crippen LogP contribution in [0.2, 0.25) is 0 Å². The van der Waals surface area contributed by atoms with E-state index in [1.54, 1.807) is 16.4 Å². The second kappa shape index (κ2) is 7.38. The van der Waals surface area contributed by atoms with Crippen molar-refractivity contribution in [3.8, 4) is 0 Å². The molecular weight excluding hydrogens is 286 g/mol. The van der Waals surface area contributed by atoms with Crippen molar-refractivity contribution in [3.05, 3.63) is 29.8 Å². The second-order valence-corrected chi connectivity index (χ2v) is 7.54. The monoisotopic (exact) mass is 311 g/mol. The SMILES string of the molecule is CCC1CCCCN1S(=O)(=O)c1ccc(CCCO)cc1. The first kappa shape index (κ1) is 16.5. The summed E-state index contributed by atoms with van der Waals surface area (Å²) in [5, 5.41) is 8.84. The minimum Gasteiger partial charge on any atom is -0.396 e. The lowest BCUT2D eigenvalue weighted by Gasteiger charge is -2.34. The Morgan fingerprint density at radius 3 is 2.57 bits per heavy atom. The van der Waals surface area contributed by atoms with Gasteiger partial charge in [-0.3, -0.25) is 0 Å². The molecule has 0 aliphatic carbocycles. The number of hydrogen-bond acceptors (Lipinski definition) is 3. The number of benzene rings is 1. The normalized spacial score (nSPS) is 20.6. The predicted molar refractivity (Wildman–Crippen MR) is 83.7 cm³/mol. The summed E-state index contributed by atoms with van der Waals surface area (Å²) < 4.78 is 27.2. The zero-order chi connectivity index (χ0) is 15.3. The van der Waals surface area contributed by atoms with Crippen molar-refractivity contribution in [3.63, 3.8) is 0 Å². The molecule has 0 aromatic heterocycles. The molecule has 1 N–H and O–H groups in total. The van der Waals surface area contributed by atoms with Gasteiger partial charge in [0.25, 0.3) is 0 Å². The molecule has 1 aromatic rings. The van der Waals surface area contributed by atoms with Gasteiger partial charge in [0.1, 0.15) is 0 Å². The first-order valence-electron chi connectivity index (χ1n) is 7.81. The zero-order valence-corrected chi connectivity index (χ0v) is 13.5. The van der Waals surface area contributed by atoms with Crippen molar-refractivity contribution in [1.29, 1.82) is 0 Å². The largest absolute Gasteiger partial charge is 0.396 e. The van der Waals surface area contributed by atoms with Gasteiger partial charge in [-0.2, -0.15) is 4.31 Å². The summed E-state index contributed by atoms with van der Waals surface area (Å²) in [6.45, 7) is 2.84. The maximum absolute atomic E-state index is 12.8. The predicted octanol–water partition coefficient (Wildman–Crippen LogP) is 2.56. The fraction of sp³-hybridized carbons (Fsp3) is 0.625. The van der Waals surface area contributed by atoms with Crippen molar-refractivity contribution in [2.24, 2.45) is 0 Å². The van der Waals surface area contributed by atoms with Crippen LogP contribution in [0.5, 0.6) is 0 Å². The number of hydrogen-bond donors (Lipinski definition) is 1. The van der Waals surface area contributed by atoms with Crippen LogP contribution in [-0.2, 0) is 16.4 Å². The van der Waals surface area contributed by atoms with Gasteiger partial charge in [-0.25, -0.2) is 8.42 Å². The maximum Gasteiger partial charge on any atom is 0.243 e. The van der Waals surface area contributed by atoms with Gasteiger partial charge in [-0.05, 0) is 49.8 Å². The summed E-state index contributed by atoms with van der Waals surface area (Å²) >= 11 is 0. The molecule has 0 bridgehead atoms. The van der Waals surface area contributed by atoms with Crippen LogP contribution >= 0.6 is 0 Å². The summed E-state index contributed by atoms with van der Waals surface area (Å²) in [6.07, 6.45) is 5.38. The third kappa shape index (κ3) is 3.84. The van der Waals surface area contributed by atoms with E-state index in [2.05, 4.69) is 6.92 Å². The van der Waals surface area contributed by atoms with Gasteiger partial charge in [-0.1, -0.05) is 25.5 Å². The summed E-state index contributed by atoms with van der Waals surface area (Å²) in [6, 6.07) is 7.24. The van der Waals surface area contributed by atoms with Gasteiger partial charge >= 0.3 is 0 Å². The van der Waals surface area contributed by atoms with Crippen LogP contribution in [0.15, 0.2) is 29.2 Å². The highest BCUT2D eigenvalue weighted by molar-refractivity contribution is 7.89. The highest BCUT2D eigenvalue weighted by Gasteiger charge is 2.32. The summed E-state index contributed by atoms with van der Waals surface area (Å²) in [5.74, 6) is 0. The van der Waals surface area contributed by atoms with E-state index in [-0.39, 0.29) is 12.6 Å². The number of sulfonamides is 1. The lowest BCUT2D eigenvalue weighted by molar-refractivity contribution is 0.246. The standard InChI is InChI=1S/C16H25NO3S/c1-2-15-7-3-4-12-17(15)21(19,20)16-10-8-14(9-11-16)6-5-13-18/h8-11,15,18H,2-7,12-13H2,1H3. The average Bonchev–Trinajstić information content (AvgIpc) is 2.53. The lowest BCUT2D eigenvalue weighted by Crippen LogP contribution is -2.43. The molecule has 1 aliphatic rings. The van der Waals surface area contributed by atoms with Crippen LogP contribution in [0.4, 0.5) is 0 Å². The first-order chi connectivity index (χ1) is 10.1.